The average molecular weight is 393 g/mol. The van der Waals surface area contributed by atoms with Crippen LogP contribution in [-0.2, 0) is 4.79 Å². The molecule has 29 heavy (non-hydrogen) atoms. The summed E-state index contributed by atoms with van der Waals surface area (Å²) in [4.78, 5) is 15.0. The fourth-order valence-electron chi connectivity index (χ4n) is 4.85. The van der Waals surface area contributed by atoms with Crippen molar-refractivity contribution >= 4 is 5.91 Å². The second kappa shape index (κ2) is 7.54. The summed E-state index contributed by atoms with van der Waals surface area (Å²) in [6.07, 6.45) is 1.76. The Morgan fingerprint density at radius 1 is 1.17 bits per heavy atom. The Hall–Kier alpha value is -2.83. The van der Waals surface area contributed by atoms with Gasteiger partial charge in [0.05, 0.1) is 19.2 Å². The lowest BCUT2D eigenvalue weighted by Crippen LogP contribution is -2.41. The van der Waals surface area contributed by atoms with Crippen molar-refractivity contribution < 1.29 is 14.6 Å². The number of nitrogens with zero attached hydrogens (tertiary/aromatic N) is 1. The number of amides is 1. The van der Waals surface area contributed by atoms with Gasteiger partial charge in [-0.05, 0) is 48.7 Å². The van der Waals surface area contributed by atoms with Crippen LogP contribution in [-0.4, -0.2) is 35.6 Å². The van der Waals surface area contributed by atoms with Crippen LogP contribution in [0.3, 0.4) is 0 Å². The smallest absolute Gasteiger partial charge is 0.242 e. The van der Waals surface area contributed by atoms with Crippen LogP contribution < -0.4 is 15.6 Å². The van der Waals surface area contributed by atoms with Gasteiger partial charge >= 0.3 is 0 Å². The average Bonchev–Trinajstić information content (AvgIpc) is 3.22. The lowest BCUT2D eigenvalue weighted by atomic mass is 9.81. The Morgan fingerprint density at radius 3 is 2.48 bits per heavy atom. The number of methoxy groups -OCH3 is 1. The zero-order valence-corrected chi connectivity index (χ0v) is 17.0. The first-order valence-electron chi connectivity index (χ1n) is 9.82. The molecule has 3 N–H and O–H groups in total. The monoisotopic (exact) mass is 393 g/mol. The summed E-state index contributed by atoms with van der Waals surface area (Å²) in [5.74, 6) is 0.986. The largest absolute Gasteiger partial charge is 0.508 e. The summed E-state index contributed by atoms with van der Waals surface area (Å²) in [6.45, 7) is 8.26. The molecule has 0 aromatic heterocycles. The van der Waals surface area contributed by atoms with Crippen molar-refractivity contribution in [3.63, 3.8) is 0 Å². The van der Waals surface area contributed by atoms with E-state index in [0.29, 0.717) is 6.54 Å². The third-order valence-corrected chi connectivity index (χ3v) is 6.02. The van der Waals surface area contributed by atoms with Gasteiger partial charge < -0.3 is 14.7 Å². The van der Waals surface area contributed by atoms with E-state index in [9.17, 15) is 9.90 Å². The Balaban J connectivity index is 1.80. The Morgan fingerprint density at radius 2 is 1.86 bits per heavy atom. The zero-order valence-electron chi connectivity index (χ0n) is 17.0. The molecule has 2 fully saturated rings. The van der Waals surface area contributed by atoms with E-state index in [4.69, 9.17) is 4.74 Å². The standard InChI is InChI=1S/C23H27N3O3/c1-5-10-26-22(15-6-8-16(29-4)9-7-15)19-20(24-25-21(19)23(26)28)18-14(3)11-13(2)12-17(18)27/h5-9,11-12,19-22,24-25,27H,1,10H2,2-4H3. The van der Waals surface area contributed by atoms with Crippen molar-refractivity contribution in [1.29, 1.82) is 0 Å². The van der Waals surface area contributed by atoms with Crippen molar-refractivity contribution in [2.24, 2.45) is 5.92 Å². The second-order valence-corrected chi connectivity index (χ2v) is 7.83. The topological polar surface area (TPSA) is 73.8 Å². The third kappa shape index (κ3) is 3.18. The molecule has 0 spiro atoms. The van der Waals surface area contributed by atoms with Crippen LogP contribution in [0, 0.1) is 19.8 Å². The lowest BCUT2D eigenvalue weighted by Gasteiger charge is -2.31. The molecule has 4 atom stereocenters. The molecule has 2 heterocycles. The number of likely N-dealkylation sites (tertiary alicyclic amines) is 1. The van der Waals surface area contributed by atoms with E-state index in [0.717, 1.165) is 28.0 Å². The van der Waals surface area contributed by atoms with Crippen molar-refractivity contribution in [2.75, 3.05) is 13.7 Å². The van der Waals surface area contributed by atoms with Crippen molar-refractivity contribution in [3.8, 4) is 11.5 Å². The second-order valence-electron chi connectivity index (χ2n) is 7.83. The van der Waals surface area contributed by atoms with Crippen LogP contribution in [0.2, 0.25) is 0 Å². The number of carbonyl (C=O) groups excluding carboxylic acids is 1. The lowest BCUT2D eigenvalue weighted by molar-refractivity contribution is -0.130. The number of aromatic hydroxyl groups is 1. The maximum absolute atomic E-state index is 13.2. The van der Waals surface area contributed by atoms with Crippen LogP contribution in [0.1, 0.15) is 34.3 Å². The van der Waals surface area contributed by atoms with Crippen molar-refractivity contribution in [3.05, 3.63) is 71.3 Å². The highest BCUT2D eigenvalue weighted by molar-refractivity contribution is 5.86. The van der Waals surface area contributed by atoms with E-state index in [1.54, 1.807) is 19.3 Å². The fourth-order valence-corrected chi connectivity index (χ4v) is 4.85. The van der Waals surface area contributed by atoms with E-state index in [1.165, 1.54) is 0 Å². The van der Waals surface area contributed by atoms with Crippen LogP contribution >= 0.6 is 0 Å². The predicted octanol–water partition coefficient (Wildman–Crippen LogP) is 2.92. The Labute approximate surface area is 171 Å². The molecule has 2 aliphatic rings. The molecule has 1 amide bonds. The number of phenols is 1. The van der Waals surface area contributed by atoms with Gasteiger partial charge in [0.1, 0.15) is 17.5 Å². The molecule has 2 aromatic rings. The first kappa shape index (κ1) is 19.5. The molecule has 0 bridgehead atoms. The number of aryl methyl sites for hydroxylation is 2. The number of phenolic OH excluding ortho intramolecular Hbond substituents is 1. The molecular formula is C23H27N3O3. The van der Waals surface area contributed by atoms with Gasteiger partial charge in [0, 0.05) is 18.0 Å². The van der Waals surface area contributed by atoms with Crippen LogP contribution in [0.4, 0.5) is 0 Å². The highest BCUT2D eigenvalue weighted by atomic mass is 16.5. The van der Waals surface area contributed by atoms with Crippen molar-refractivity contribution in [2.45, 2.75) is 32.0 Å². The summed E-state index contributed by atoms with van der Waals surface area (Å²) in [6, 6.07) is 11.0. The number of ether oxygens (including phenoxy) is 1. The molecule has 0 saturated carbocycles. The molecule has 2 saturated heterocycles. The summed E-state index contributed by atoms with van der Waals surface area (Å²) < 4.78 is 5.29. The number of nitrogens with one attached hydrogen (secondary N) is 2. The van der Waals surface area contributed by atoms with Crippen LogP contribution in [0.5, 0.6) is 11.5 Å². The quantitative estimate of drug-likeness (QED) is 0.681. The molecule has 6 nitrogen and oxygen atoms in total. The normalized spacial score (nSPS) is 25.9. The first-order chi connectivity index (χ1) is 14.0. The number of hydrogen-bond donors (Lipinski definition) is 3. The maximum atomic E-state index is 13.2. The molecule has 2 aromatic carbocycles. The van der Waals surface area contributed by atoms with E-state index in [-0.39, 0.29) is 35.7 Å². The van der Waals surface area contributed by atoms with Gasteiger partial charge in [0.2, 0.25) is 5.91 Å². The summed E-state index contributed by atoms with van der Waals surface area (Å²) in [5, 5.41) is 10.7. The van der Waals surface area contributed by atoms with Crippen LogP contribution in [0.15, 0.2) is 49.1 Å². The number of fused-ring (bicyclic) bond motifs is 1. The van der Waals surface area contributed by atoms with Crippen molar-refractivity contribution in [1.82, 2.24) is 15.8 Å². The van der Waals surface area contributed by atoms with Gasteiger partial charge in [-0.15, -0.1) is 6.58 Å². The van der Waals surface area contributed by atoms with Gasteiger partial charge in [-0.3, -0.25) is 4.79 Å². The van der Waals surface area contributed by atoms with E-state index < -0.39 is 0 Å². The summed E-state index contributed by atoms with van der Waals surface area (Å²) in [7, 11) is 1.64. The molecule has 2 aliphatic heterocycles. The Bertz CT molecular complexity index is 918. The van der Waals surface area contributed by atoms with Gasteiger partial charge in [-0.25, -0.2) is 10.9 Å². The highest BCUT2D eigenvalue weighted by Crippen LogP contribution is 2.49. The molecule has 0 radical (unpaired) electrons. The number of hydrazine groups is 1. The van der Waals surface area contributed by atoms with E-state index >= 15 is 0 Å². The van der Waals surface area contributed by atoms with E-state index in [1.807, 2.05) is 43.0 Å². The predicted molar refractivity (Wildman–Crippen MR) is 112 cm³/mol. The van der Waals surface area contributed by atoms with Gasteiger partial charge in [-0.1, -0.05) is 24.3 Å². The molecule has 0 aliphatic carbocycles. The zero-order chi connectivity index (χ0) is 20.7. The minimum atomic E-state index is -0.368. The van der Waals surface area contributed by atoms with Gasteiger partial charge in [0.15, 0.2) is 0 Å². The fraction of sp³-hybridized carbons (Fsp3) is 0.348. The molecular weight excluding hydrogens is 366 g/mol. The maximum Gasteiger partial charge on any atom is 0.242 e. The molecule has 6 heteroatoms. The van der Waals surface area contributed by atoms with E-state index in [2.05, 4.69) is 23.5 Å². The molecule has 4 rings (SSSR count). The molecule has 152 valence electrons. The first-order valence-corrected chi connectivity index (χ1v) is 9.82. The minimum Gasteiger partial charge on any atom is -0.508 e. The Kier molecular flexibility index (Phi) is 5.06. The van der Waals surface area contributed by atoms with Gasteiger partial charge in [0.25, 0.3) is 0 Å². The number of carbonyl (C=O) groups is 1. The minimum absolute atomic E-state index is 0.0370. The SMILES string of the molecule is C=CCN1C(=O)C2NNC(c3c(C)cc(C)cc3O)C2C1c1ccc(OC)cc1. The van der Waals surface area contributed by atoms with Crippen LogP contribution in [0.25, 0.3) is 0 Å². The summed E-state index contributed by atoms with van der Waals surface area (Å²) in [5.41, 5.74) is 10.4. The number of rotatable bonds is 5. The summed E-state index contributed by atoms with van der Waals surface area (Å²) >= 11 is 0. The third-order valence-electron chi connectivity index (χ3n) is 6.02. The molecule has 4 unspecified atom stereocenters. The highest BCUT2D eigenvalue weighted by Gasteiger charge is 2.55. The number of benzene rings is 2. The van der Waals surface area contributed by atoms with Gasteiger partial charge in [-0.2, -0.15) is 0 Å². The number of hydrogen-bond acceptors (Lipinski definition) is 5.